The molecule has 0 saturated carbocycles. The maximum absolute atomic E-state index is 5.89. The summed E-state index contributed by atoms with van der Waals surface area (Å²) in [6.45, 7) is 5.25. The van der Waals surface area contributed by atoms with E-state index >= 15 is 0 Å². The van der Waals surface area contributed by atoms with Crippen LogP contribution in [0.15, 0.2) is 12.4 Å². The van der Waals surface area contributed by atoms with E-state index in [1.54, 1.807) is 0 Å². The minimum atomic E-state index is 0.0894. The molecule has 0 spiro atoms. The Labute approximate surface area is 73.6 Å². The summed E-state index contributed by atoms with van der Waals surface area (Å²) in [5.41, 5.74) is 5.89. The summed E-state index contributed by atoms with van der Waals surface area (Å²) in [6, 6.07) is 0.0894. The second-order valence-corrected chi connectivity index (χ2v) is 2.99. The molecule has 1 aromatic heterocycles. The van der Waals surface area contributed by atoms with E-state index in [2.05, 4.69) is 23.4 Å². The van der Waals surface area contributed by atoms with Gasteiger partial charge in [0.2, 0.25) is 0 Å². The molecule has 1 heterocycles. The summed E-state index contributed by atoms with van der Waals surface area (Å²) < 4.78 is 2.13. The monoisotopic (exact) mass is 167 g/mol. The molecule has 68 valence electrons. The fourth-order valence-electron chi connectivity index (χ4n) is 1.26. The molecule has 3 heteroatoms. The molecular formula is C9H17N3. The van der Waals surface area contributed by atoms with Crippen LogP contribution in [0.5, 0.6) is 0 Å². The lowest BCUT2D eigenvalue weighted by molar-refractivity contribution is 0.566. The lowest BCUT2D eigenvalue weighted by atomic mass is 10.2. The van der Waals surface area contributed by atoms with E-state index in [1.807, 2.05) is 12.4 Å². The van der Waals surface area contributed by atoms with Crippen LogP contribution in [-0.4, -0.2) is 9.55 Å². The van der Waals surface area contributed by atoms with E-state index in [0.29, 0.717) is 0 Å². The van der Waals surface area contributed by atoms with Gasteiger partial charge in [-0.3, -0.25) is 0 Å². The van der Waals surface area contributed by atoms with Gasteiger partial charge in [-0.2, -0.15) is 0 Å². The summed E-state index contributed by atoms with van der Waals surface area (Å²) >= 11 is 0. The maximum atomic E-state index is 5.89. The minimum absolute atomic E-state index is 0.0894. The first-order valence-corrected chi connectivity index (χ1v) is 4.56. The van der Waals surface area contributed by atoms with Crippen LogP contribution >= 0.6 is 0 Å². The lowest BCUT2D eigenvalue weighted by Gasteiger charge is -2.10. The van der Waals surface area contributed by atoms with Gasteiger partial charge in [0.05, 0.1) is 6.04 Å². The standard InChI is InChI=1S/C9H17N3/c1-3-6-12-7-5-11-9(12)8(10)4-2/h5,7-8H,3-4,6,10H2,1-2H3. The van der Waals surface area contributed by atoms with Crippen LogP contribution in [0.4, 0.5) is 0 Å². The van der Waals surface area contributed by atoms with E-state index in [9.17, 15) is 0 Å². The van der Waals surface area contributed by atoms with E-state index in [4.69, 9.17) is 5.73 Å². The number of aromatic nitrogens is 2. The predicted octanol–water partition coefficient (Wildman–Crippen LogP) is 1.70. The van der Waals surface area contributed by atoms with Crippen LogP contribution in [0.1, 0.15) is 38.6 Å². The predicted molar refractivity (Wildman–Crippen MR) is 49.7 cm³/mol. The van der Waals surface area contributed by atoms with Gasteiger partial charge in [-0.15, -0.1) is 0 Å². The summed E-state index contributed by atoms with van der Waals surface area (Å²) in [6.07, 6.45) is 5.88. The maximum Gasteiger partial charge on any atom is 0.125 e. The Hall–Kier alpha value is -0.830. The Balaban J connectivity index is 2.76. The van der Waals surface area contributed by atoms with Crippen LogP contribution in [-0.2, 0) is 6.54 Å². The SMILES string of the molecule is CCCn1ccnc1C(N)CC. The number of nitrogens with two attached hydrogens (primary N) is 1. The van der Waals surface area contributed by atoms with Crippen molar-refractivity contribution in [2.45, 2.75) is 39.3 Å². The third-order valence-electron chi connectivity index (χ3n) is 1.98. The van der Waals surface area contributed by atoms with Crippen LogP contribution in [0.25, 0.3) is 0 Å². The molecule has 0 aliphatic carbocycles. The Kier molecular flexibility index (Phi) is 3.29. The molecule has 3 nitrogen and oxygen atoms in total. The van der Waals surface area contributed by atoms with Crippen LogP contribution in [0.3, 0.4) is 0 Å². The Morgan fingerprint density at radius 3 is 2.92 bits per heavy atom. The van der Waals surface area contributed by atoms with Gasteiger partial charge in [0.1, 0.15) is 5.82 Å². The number of hydrogen-bond acceptors (Lipinski definition) is 2. The molecule has 0 saturated heterocycles. The van der Waals surface area contributed by atoms with Gasteiger partial charge >= 0.3 is 0 Å². The molecule has 1 aromatic rings. The van der Waals surface area contributed by atoms with Crippen molar-refractivity contribution in [1.82, 2.24) is 9.55 Å². The van der Waals surface area contributed by atoms with Crippen molar-refractivity contribution in [3.05, 3.63) is 18.2 Å². The first kappa shape index (κ1) is 9.26. The molecule has 0 amide bonds. The van der Waals surface area contributed by atoms with Crippen molar-refractivity contribution < 1.29 is 0 Å². The zero-order valence-corrected chi connectivity index (χ0v) is 7.83. The van der Waals surface area contributed by atoms with Gasteiger partial charge in [-0.25, -0.2) is 4.98 Å². The molecule has 0 aliphatic heterocycles. The van der Waals surface area contributed by atoms with Gasteiger partial charge in [0, 0.05) is 18.9 Å². The number of nitrogens with zero attached hydrogens (tertiary/aromatic N) is 2. The first-order chi connectivity index (χ1) is 5.79. The normalized spacial score (nSPS) is 13.2. The molecule has 0 radical (unpaired) electrons. The lowest BCUT2D eigenvalue weighted by Crippen LogP contribution is -2.15. The van der Waals surface area contributed by atoms with Crippen molar-refractivity contribution in [2.24, 2.45) is 5.73 Å². The molecule has 2 N–H and O–H groups in total. The zero-order chi connectivity index (χ0) is 8.97. The molecular weight excluding hydrogens is 150 g/mol. The molecule has 12 heavy (non-hydrogen) atoms. The highest BCUT2D eigenvalue weighted by molar-refractivity contribution is 4.97. The molecule has 0 aromatic carbocycles. The molecule has 0 aliphatic rings. The molecule has 0 fully saturated rings. The smallest absolute Gasteiger partial charge is 0.125 e. The van der Waals surface area contributed by atoms with Crippen LogP contribution < -0.4 is 5.73 Å². The average molecular weight is 167 g/mol. The number of imidazole rings is 1. The third-order valence-corrected chi connectivity index (χ3v) is 1.98. The van der Waals surface area contributed by atoms with Gasteiger partial charge in [0.25, 0.3) is 0 Å². The highest BCUT2D eigenvalue weighted by atomic mass is 15.1. The van der Waals surface area contributed by atoms with Crippen molar-refractivity contribution >= 4 is 0 Å². The van der Waals surface area contributed by atoms with E-state index in [1.165, 1.54) is 0 Å². The summed E-state index contributed by atoms with van der Waals surface area (Å²) in [5, 5.41) is 0. The van der Waals surface area contributed by atoms with Crippen molar-refractivity contribution in [2.75, 3.05) is 0 Å². The third kappa shape index (κ3) is 1.85. The van der Waals surface area contributed by atoms with E-state index in [-0.39, 0.29) is 6.04 Å². The summed E-state index contributed by atoms with van der Waals surface area (Å²) in [4.78, 5) is 4.24. The second kappa shape index (κ2) is 4.26. The first-order valence-electron chi connectivity index (χ1n) is 4.56. The van der Waals surface area contributed by atoms with Crippen LogP contribution in [0, 0.1) is 0 Å². The largest absolute Gasteiger partial charge is 0.334 e. The number of rotatable bonds is 4. The highest BCUT2D eigenvalue weighted by Gasteiger charge is 2.08. The van der Waals surface area contributed by atoms with Crippen molar-refractivity contribution in [3.63, 3.8) is 0 Å². The van der Waals surface area contributed by atoms with Crippen molar-refractivity contribution in [3.8, 4) is 0 Å². The van der Waals surface area contributed by atoms with Gasteiger partial charge in [-0.05, 0) is 12.8 Å². The van der Waals surface area contributed by atoms with Gasteiger partial charge < -0.3 is 10.3 Å². The minimum Gasteiger partial charge on any atom is -0.334 e. The quantitative estimate of drug-likeness (QED) is 0.741. The van der Waals surface area contributed by atoms with E-state index in [0.717, 1.165) is 25.2 Å². The average Bonchev–Trinajstić information content (AvgIpc) is 2.52. The van der Waals surface area contributed by atoms with E-state index < -0.39 is 0 Å². The van der Waals surface area contributed by atoms with Gasteiger partial charge in [0.15, 0.2) is 0 Å². The van der Waals surface area contributed by atoms with Crippen molar-refractivity contribution in [1.29, 1.82) is 0 Å². The topological polar surface area (TPSA) is 43.8 Å². The Morgan fingerprint density at radius 2 is 2.33 bits per heavy atom. The molecule has 1 rings (SSSR count). The fourth-order valence-corrected chi connectivity index (χ4v) is 1.26. The van der Waals surface area contributed by atoms with Gasteiger partial charge in [-0.1, -0.05) is 13.8 Å². The number of hydrogen-bond donors (Lipinski definition) is 1. The van der Waals surface area contributed by atoms with Crippen LogP contribution in [0.2, 0.25) is 0 Å². The Morgan fingerprint density at radius 1 is 1.58 bits per heavy atom. The zero-order valence-electron chi connectivity index (χ0n) is 7.83. The molecule has 1 atom stereocenters. The fraction of sp³-hybridized carbons (Fsp3) is 0.667. The number of aryl methyl sites for hydroxylation is 1. The Bertz CT molecular complexity index is 229. The second-order valence-electron chi connectivity index (χ2n) is 2.99. The summed E-state index contributed by atoms with van der Waals surface area (Å²) in [5.74, 6) is 1.01. The molecule has 1 unspecified atom stereocenters. The molecule has 0 bridgehead atoms. The highest BCUT2D eigenvalue weighted by Crippen LogP contribution is 2.11. The summed E-state index contributed by atoms with van der Waals surface area (Å²) in [7, 11) is 0.